The van der Waals surface area contributed by atoms with Crippen molar-refractivity contribution in [2.45, 2.75) is 18.9 Å². The number of methoxy groups -OCH3 is 3. The summed E-state index contributed by atoms with van der Waals surface area (Å²) in [5, 5.41) is 3.64. The molecule has 1 aliphatic carbocycles. The Kier molecular flexibility index (Phi) is 3.43. The van der Waals surface area contributed by atoms with Crippen LogP contribution in [0.15, 0.2) is 12.1 Å². The van der Waals surface area contributed by atoms with E-state index in [1.54, 1.807) is 21.3 Å². The number of hydrogen-bond acceptors (Lipinski definition) is 6. The Morgan fingerprint density at radius 1 is 1.00 bits per heavy atom. The number of ether oxygens (including phenoxy) is 5. The molecule has 1 atom stereocenters. The molecule has 2 aromatic rings. The van der Waals surface area contributed by atoms with E-state index in [4.69, 9.17) is 23.7 Å². The van der Waals surface area contributed by atoms with Gasteiger partial charge in [0.1, 0.15) is 0 Å². The van der Waals surface area contributed by atoms with Crippen molar-refractivity contribution < 1.29 is 23.7 Å². The quantitative estimate of drug-likeness (QED) is 0.914. The van der Waals surface area contributed by atoms with E-state index in [9.17, 15) is 0 Å². The van der Waals surface area contributed by atoms with Crippen LogP contribution in [0.4, 0.5) is 0 Å². The summed E-state index contributed by atoms with van der Waals surface area (Å²) < 4.78 is 28.4. The minimum Gasteiger partial charge on any atom is -0.493 e. The van der Waals surface area contributed by atoms with E-state index < -0.39 is 0 Å². The Balaban J connectivity index is 1.85. The molecule has 0 radical (unpaired) electrons. The molecule has 6 heteroatoms. The van der Waals surface area contributed by atoms with E-state index in [2.05, 4.69) is 11.4 Å². The molecular weight excluding hydrogens is 334 g/mol. The molecule has 0 saturated heterocycles. The molecule has 136 valence electrons. The van der Waals surface area contributed by atoms with Gasteiger partial charge in [-0.15, -0.1) is 0 Å². The van der Waals surface area contributed by atoms with Crippen LogP contribution < -0.4 is 29.0 Å². The van der Waals surface area contributed by atoms with Crippen molar-refractivity contribution in [1.29, 1.82) is 0 Å². The van der Waals surface area contributed by atoms with Crippen LogP contribution in [0.5, 0.6) is 28.7 Å². The molecule has 2 aromatic carbocycles. The minimum absolute atomic E-state index is 0.211. The lowest BCUT2D eigenvalue weighted by Crippen LogP contribution is -2.34. The van der Waals surface area contributed by atoms with Gasteiger partial charge in [-0.3, -0.25) is 0 Å². The summed E-state index contributed by atoms with van der Waals surface area (Å²) >= 11 is 0. The summed E-state index contributed by atoms with van der Waals surface area (Å²) in [7, 11) is 5.02. The summed E-state index contributed by atoms with van der Waals surface area (Å²) in [6, 6.07) is 4.34. The van der Waals surface area contributed by atoms with E-state index in [0.717, 1.165) is 47.8 Å². The van der Waals surface area contributed by atoms with E-state index in [1.807, 2.05) is 6.07 Å². The Morgan fingerprint density at radius 3 is 2.54 bits per heavy atom. The normalized spacial score (nSPS) is 18.8. The highest BCUT2D eigenvalue weighted by Crippen LogP contribution is 2.57. The number of rotatable bonds is 3. The molecule has 0 aromatic heterocycles. The fraction of sp³-hybridized carbons (Fsp3) is 0.400. The Labute approximate surface area is 152 Å². The molecule has 2 heterocycles. The molecule has 0 unspecified atom stereocenters. The third-order valence-corrected chi connectivity index (χ3v) is 5.54. The molecule has 6 nitrogen and oxygen atoms in total. The molecule has 0 amide bonds. The third kappa shape index (κ3) is 1.96. The number of hydrogen-bond donors (Lipinski definition) is 1. The van der Waals surface area contributed by atoms with Gasteiger partial charge in [-0.2, -0.15) is 0 Å². The smallest absolute Gasteiger partial charge is 0.231 e. The highest BCUT2D eigenvalue weighted by atomic mass is 16.7. The Bertz CT molecular complexity index is 908. The van der Waals surface area contributed by atoms with Gasteiger partial charge in [-0.25, -0.2) is 0 Å². The summed E-state index contributed by atoms with van der Waals surface area (Å²) in [6.45, 7) is 1.12. The van der Waals surface area contributed by atoms with Crippen LogP contribution in [-0.2, 0) is 12.8 Å². The molecule has 0 spiro atoms. The van der Waals surface area contributed by atoms with Crippen molar-refractivity contribution in [2.24, 2.45) is 0 Å². The first-order valence-electron chi connectivity index (χ1n) is 8.77. The molecule has 3 aliphatic rings. The van der Waals surface area contributed by atoms with Gasteiger partial charge in [0.05, 0.1) is 21.3 Å². The second-order valence-corrected chi connectivity index (χ2v) is 6.69. The summed E-state index contributed by atoms with van der Waals surface area (Å²) in [5.74, 6) is 3.75. The highest BCUT2D eigenvalue weighted by molar-refractivity contribution is 5.87. The van der Waals surface area contributed by atoms with Crippen molar-refractivity contribution in [2.75, 3.05) is 34.7 Å². The summed E-state index contributed by atoms with van der Waals surface area (Å²) in [5.41, 5.74) is 5.90. The topological polar surface area (TPSA) is 58.2 Å². The molecule has 5 rings (SSSR count). The first kappa shape index (κ1) is 15.6. The zero-order chi connectivity index (χ0) is 17.8. The first-order chi connectivity index (χ1) is 12.8. The predicted molar refractivity (Wildman–Crippen MR) is 95.8 cm³/mol. The van der Waals surface area contributed by atoms with Gasteiger partial charge < -0.3 is 29.0 Å². The van der Waals surface area contributed by atoms with Crippen LogP contribution in [0, 0.1) is 0 Å². The zero-order valence-corrected chi connectivity index (χ0v) is 15.1. The van der Waals surface area contributed by atoms with E-state index in [-0.39, 0.29) is 12.8 Å². The van der Waals surface area contributed by atoms with Crippen molar-refractivity contribution in [3.63, 3.8) is 0 Å². The average molecular weight is 355 g/mol. The molecule has 0 fully saturated rings. The Hall–Kier alpha value is -2.60. The van der Waals surface area contributed by atoms with Crippen LogP contribution in [0.25, 0.3) is 11.1 Å². The van der Waals surface area contributed by atoms with Gasteiger partial charge >= 0.3 is 0 Å². The van der Waals surface area contributed by atoms with Crippen LogP contribution >= 0.6 is 0 Å². The monoisotopic (exact) mass is 355 g/mol. The largest absolute Gasteiger partial charge is 0.493 e. The molecular formula is C20H21NO5. The molecule has 2 aliphatic heterocycles. The zero-order valence-electron chi connectivity index (χ0n) is 15.1. The second-order valence-electron chi connectivity index (χ2n) is 6.69. The number of nitrogens with one attached hydrogen (secondary N) is 1. The molecule has 1 N–H and O–H groups in total. The average Bonchev–Trinajstić information content (AvgIpc) is 3.16. The standard InChI is InChI=1S/C20H21NO5/c1-22-14-7-10-6-13-16-11(4-5-21-13)18(24-3)20-19(25-9-26-20)17(16)12(10)8-15(14)23-2/h7-8,13,21H,4-6,9H2,1-3H3/t13-/m0/s1. The van der Waals surface area contributed by atoms with Gasteiger partial charge in [0.15, 0.2) is 23.0 Å². The SMILES string of the molecule is COc1cc2c(cc1OC)-c1c3c(c(OC)c4c1[C@H](C2)NCC4)OCO3. The minimum atomic E-state index is 0.211. The van der Waals surface area contributed by atoms with Crippen molar-refractivity contribution >= 4 is 0 Å². The molecule has 0 saturated carbocycles. The Morgan fingerprint density at radius 2 is 1.77 bits per heavy atom. The van der Waals surface area contributed by atoms with Crippen LogP contribution in [0.1, 0.15) is 22.7 Å². The third-order valence-electron chi connectivity index (χ3n) is 5.54. The number of fused-ring (bicyclic) bond motifs is 4. The van der Waals surface area contributed by atoms with Gasteiger partial charge in [-0.1, -0.05) is 0 Å². The van der Waals surface area contributed by atoms with E-state index in [1.165, 1.54) is 16.7 Å². The van der Waals surface area contributed by atoms with Gasteiger partial charge in [-0.05, 0) is 48.2 Å². The lowest BCUT2D eigenvalue weighted by Gasteiger charge is -2.36. The van der Waals surface area contributed by atoms with Crippen LogP contribution in [0.2, 0.25) is 0 Å². The maximum absolute atomic E-state index is 5.90. The van der Waals surface area contributed by atoms with Crippen molar-refractivity contribution in [3.8, 4) is 39.9 Å². The summed E-state index contributed by atoms with van der Waals surface area (Å²) in [6.07, 6.45) is 1.79. The lowest BCUT2D eigenvalue weighted by atomic mass is 9.76. The number of benzene rings is 2. The maximum atomic E-state index is 5.90. The van der Waals surface area contributed by atoms with E-state index in [0.29, 0.717) is 11.5 Å². The lowest BCUT2D eigenvalue weighted by molar-refractivity contribution is 0.171. The maximum Gasteiger partial charge on any atom is 0.231 e. The van der Waals surface area contributed by atoms with Crippen LogP contribution in [-0.4, -0.2) is 34.7 Å². The van der Waals surface area contributed by atoms with Gasteiger partial charge in [0.25, 0.3) is 0 Å². The molecule has 26 heavy (non-hydrogen) atoms. The molecule has 0 bridgehead atoms. The fourth-order valence-corrected chi connectivity index (χ4v) is 4.47. The van der Waals surface area contributed by atoms with Gasteiger partial charge in [0, 0.05) is 17.2 Å². The first-order valence-corrected chi connectivity index (χ1v) is 8.77. The fourth-order valence-electron chi connectivity index (χ4n) is 4.47. The second kappa shape index (κ2) is 5.71. The van der Waals surface area contributed by atoms with Crippen molar-refractivity contribution in [3.05, 3.63) is 28.8 Å². The van der Waals surface area contributed by atoms with Gasteiger partial charge in [0.2, 0.25) is 12.5 Å². The predicted octanol–water partition coefficient (Wildman–Crippen LogP) is 2.85. The highest BCUT2D eigenvalue weighted by Gasteiger charge is 2.39. The van der Waals surface area contributed by atoms with Crippen LogP contribution in [0.3, 0.4) is 0 Å². The van der Waals surface area contributed by atoms with E-state index >= 15 is 0 Å². The summed E-state index contributed by atoms with van der Waals surface area (Å²) in [4.78, 5) is 0. The van der Waals surface area contributed by atoms with Crippen molar-refractivity contribution in [1.82, 2.24) is 5.32 Å².